The fourth-order valence-corrected chi connectivity index (χ4v) is 0. The van der Waals surface area contributed by atoms with Crippen LogP contribution in [-0.4, -0.2) is 143 Å². The molecule has 1 radical (unpaired) electrons. The van der Waals surface area contributed by atoms with Crippen LogP contribution >= 0.6 is 0 Å². The number of hydrogen-bond donors (Lipinski definition) is 0. The van der Waals surface area contributed by atoms with Crippen LogP contribution in [0.5, 0.6) is 0 Å². The van der Waals surface area contributed by atoms with Gasteiger partial charge in [-0.25, -0.2) is 0 Å². The summed E-state index contributed by atoms with van der Waals surface area (Å²) in [6.07, 6.45) is 2.28. The Kier molecular flexibility index (Phi) is 1020. The van der Waals surface area contributed by atoms with Crippen LogP contribution in [0.3, 0.4) is 0 Å². The molecule has 0 aromatic carbocycles. The fourth-order valence-electron chi connectivity index (χ4n) is 0. The summed E-state index contributed by atoms with van der Waals surface area (Å²) >= 11 is 0. The zero-order chi connectivity index (χ0) is 3.41. The van der Waals surface area contributed by atoms with E-state index in [0.29, 0.717) is 0 Å². The smallest absolute Gasteiger partial charge is 0.316 e. The van der Waals surface area contributed by atoms with Gasteiger partial charge in [-0.05, 0) is 0 Å². The third-order valence-corrected chi connectivity index (χ3v) is 0.354. The van der Waals surface area contributed by atoms with Crippen LogP contribution in [0.15, 0.2) is 0 Å². The van der Waals surface area contributed by atoms with E-state index in [9.17, 15) is 0 Å². The van der Waals surface area contributed by atoms with Crippen molar-refractivity contribution in [3.05, 3.63) is 6.92 Å². The van der Waals surface area contributed by atoms with Gasteiger partial charge in [0.1, 0.15) is 0 Å². The molecule has 0 aromatic rings. The summed E-state index contributed by atoms with van der Waals surface area (Å²) in [5.41, 5.74) is 0. The molecule has 0 aromatic heterocycles. The lowest BCUT2D eigenvalue weighted by Crippen LogP contribution is -1.48. The SMILES string of the molecule is O.O.O.O.O.[CH2]CCC.[MgH2].[MgH2].[MgH2].[MgH2].[MgH2]. The Morgan fingerprint density at radius 3 is 0.714 bits per heavy atom. The van der Waals surface area contributed by atoms with Crippen molar-refractivity contribution in [2.75, 3.05) is 0 Å². The molecule has 0 amide bonds. The lowest BCUT2D eigenvalue weighted by atomic mass is 10.4. The Labute approximate surface area is 167 Å². The van der Waals surface area contributed by atoms with E-state index in [-0.39, 0.29) is 143 Å². The lowest BCUT2D eigenvalue weighted by Gasteiger charge is -1.67. The molecule has 0 atom stereocenters. The highest BCUT2D eigenvalue weighted by Crippen LogP contribution is 1.75. The molecule has 0 aliphatic heterocycles. The maximum Gasteiger partial charge on any atom is 0.316 e. The first-order valence-electron chi connectivity index (χ1n) is 1.71. The summed E-state index contributed by atoms with van der Waals surface area (Å²) in [4.78, 5) is 0. The van der Waals surface area contributed by atoms with Gasteiger partial charge < -0.3 is 27.4 Å². The van der Waals surface area contributed by atoms with Crippen LogP contribution in [0.1, 0.15) is 19.8 Å². The van der Waals surface area contributed by atoms with Crippen molar-refractivity contribution < 1.29 is 27.4 Å². The zero-order valence-corrected chi connectivity index (χ0v) is 5.62. The van der Waals surface area contributed by atoms with Crippen LogP contribution in [0.4, 0.5) is 0 Å². The highest BCUT2D eigenvalue weighted by Gasteiger charge is 1.56. The van der Waals surface area contributed by atoms with E-state index in [1.807, 2.05) is 0 Å². The second-order valence-electron chi connectivity index (χ2n) is 0.854. The Bertz CT molecular complexity index is 24.1. The molecule has 0 saturated heterocycles. The maximum absolute atomic E-state index is 3.60. The van der Waals surface area contributed by atoms with Gasteiger partial charge in [-0.1, -0.05) is 26.7 Å². The molecule has 14 heavy (non-hydrogen) atoms. The van der Waals surface area contributed by atoms with Crippen molar-refractivity contribution in [2.45, 2.75) is 19.8 Å². The molecule has 85 valence electrons. The monoisotopic (exact) mass is 277 g/mol. The van der Waals surface area contributed by atoms with Gasteiger partial charge in [-0.15, -0.1) is 0 Å². The molecule has 0 spiro atoms. The highest BCUT2D eigenvalue weighted by molar-refractivity contribution is 5.76. The van der Waals surface area contributed by atoms with Crippen molar-refractivity contribution in [3.8, 4) is 0 Å². The molecule has 0 bridgehead atoms. The van der Waals surface area contributed by atoms with Gasteiger partial charge in [0.2, 0.25) is 0 Å². The van der Waals surface area contributed by atoms with Crippen LogP contribution in [-0.2, 0) is 0 Å². The van der Waals surface area contributed by atoms with Crippen molar-refractivity contribution in [1.82, 2.24) is 0 Å². The maximum atomic E-state index is 3.60. The Hall–Kier alpha value is 3.63. The summed E-state index contributed by atoms with van der Waals surface area (Å²) in [6, 6.07) is 0. The van der Waals surface area contributed by atoms with Gasteiger partial charge in [0.15, 0.2) is 0 Å². The molecule has 0 aliphatic carbocycles. The average molecular weight is 279 g/mol. The number of unbranched alkanes of at least 4 members (excludes halogenated alkanes) is 1. The summed E-state index contributed by atoms with van der Waals surface area (Å²) in [5.74, 6) is 0. The van der Waals surface area contributed by atoms with Crippen molar-refractivity contribution in [1.29, 1.82) is 0 Å². The minimum atomic E-state index is 0. The summed E-state index contributed by atoms with van der Waals surface area (Å²) < 4.78 is 0. The van der Waals surface area contributed by atoms with Crippen LogP contribution in [0.25, 0.3) is 0 Å². The van der Waals surface area contributed by atoms with Gasteiger partial charge in [0.25, 0.3) is 0 Å². The minimum Gasteiger partial charge on any atom is -0.412 e. The van der Waals surface area contributed by atoms with Gasteiger partial charge >= 0.3 is 115 Å². The fraction of sp³-hybridized carbons (Fsp3) is 0.750. The van der Waals surface area contributed by atoms with Crippen molar-refractivity contribution in [2.24, 2.45) is 0 Å². The van der Waals surface area contributed by atoms with Crippen molar-refractivity contribution in [3.63, 3.8) is 0 Å². The molecule has 0 fully saturated rings. The topological polar surface area (TPSA) is 158 Å². The van der Waals surface area contributed by atoms with E-state index in [1.54, 1.807) is 0 Å². The molecule has 0 rings (SSSR count). The molecule has 10 heteroatoms. The molecule has 10 N–H and O–H groups in total. The van der Waals surface area contributed by atoms with Crippen LogP contribution in [0.2, 0.25) is 0 Å². The molecular weight excluding hydrogens is 250 g/mol. The largest absolute Gasteiger partial charge is 0.412 e. The molecule has 0 unspecified atom stereocenters. The molecule has 5 nitrogen and oxygen atoms in total. The molecular formula is C4H29Mg5O5. The predicted octanol–water partition coefficient (Wildman–Crippen LogP) is -7.08. The Morgan fingerprint density at radius 2 is 0.714 bits per heavy atom. The number of rotatable bonds is 1. The standard InChI is InChI=1S/C4H9.5Mg.5H2O.10H/c1-3-4-2;;;;;;;;;;;;;;;;;;;;/h1,3-4H2,2H3;;;;;;5*1H2;;;;;;;;;;. The van der Waals surface area contributed by atoms with E-state index in [2.05, 4.69) is 13.8 Å². The van der Waals surface area contributed by atoms with Crippen molar-refractivity contribution >= 4 is 115 Å². The molecule has 0 aliphatic rings. The summed E-state index contributed by atoms with van der Waals surface area (Å²) in [5, 5.41) is 0. The third-order valence-electron chi connectivity index (χ3n) is 0.354. The first-order valence-corrected chi connectivity index (χ1v) is 1.71. The van der Waals surface area contributed by atoms with E-state index >= 15 is 0 Å². The Balaban J connectivity index is -0.000000001000. The van der Waals surface area contributed by atoms with E-state index in [1.165, 1.54) is 6.42 Å². The average Bonchev–Trinajstić information content (AvgIpc) is 1.37. The molecule has 0 saturated carbocycles. The van der Waals surface area contributed by atoms with Crippen LogP contribution in [0, 0.1) is 6.92 Å². The first kappa shape index (κ1) is 111. The van der Waals surface area contributed by atoms with E-state index in [4.69, 9.17) is 0 Å². The van der Waals surface area contributed by atoms with Gasteiger partial charge in [-0.2, -0.15) is 0 Å². The molecule has 0 heterocycles. The summed E-state index contributed by atoms with van der Waals surface area (Å²) in [7, 11) is 0. The van der Waals surface area contributed by atoms with Gasteiger partial charge in [0, 0.05) is 0 Å². The lowest BCUT2D eigenvalue weighted by molar-refractivity contribution is 0.823. The van der Waals surface area contributed by atoms with E-state index < -0.39 is 0 Å². The zero-order valence-electron chi connectivity index (χ0n) is 5.62. The quantitative estimate of drug-likeness (QED) is 0.418. The Morgan fingerprint density at radius 1 is 0.643 bits per heavy atom. The van der Waals surface area contributed by atoms with Gasteiger partial charge in [-0.3, -0.25) is 0 Å². The predicted molar refractivity (Wildman–Crippen MR) is 81.1 cm³/mol. The van der Waals surface area contributed by atoms with Gasteiger partial charge in [0.05, 0.1) is 0 Å². The normalized spacial score (nSPS) is 2.14. The first-order chi connectivity index (χ1) is 1.91. The minimum absolute atomic E-state index is 0. The highest BCUT2D eigenvalue weighted by atomic mass is 24.3. The second kappa shape index (κ2) is 128. The summed E-state index contributed by atoms with van der Waals surface area (Å²) in [6.45, 7) is 5.72. The van der Waals surface area contributed by atoms with E-state index in [0.717, 1.165) is 6.42 Å². The third kappa shape index (κ3) is 156. The number of hydrogen-bond acceptors (Lipinski definition) is 0. The second-order valence-corrected chi connectivity index (χ2v) is 0.854. The van der Waals surface area contributed by atoms with Crippen LogP contribution < -0.4 is 0 Å².